The van der Waals surface area contributed by atoms with Crippen LogP contribution in [0.25, 0.3) is 0 Å². The quantitative estimate of drug-likeness (QED) is 0.721. The van der Waals surface area contributed by atoms with Gasteiger partial charge in [0.1, 0.15) is 5.75 Å². The Labute approximate surface area is 126 Å². The molecule has 21 heavy (non-hydrogen) atoms. The van der Waals surface area contributed by atoms with E-state index >= 15 is 0 Å². The Kier molecular flexibility index (Phi) is 5.44. The number of ether oxygens (including phenoxy) is 1. The first kappa shape index (κ1) is 15.6. The van der Waals surface area contributed by atoms with E-state index < -0.39 is 0 Å². The third-order valence-corrected chi connectivity index (χ3v) is 3.85. The van der Waals surface area contributed by atoms with Crippen molar-refractivity contribution in [2.45, 2.75) is 26.2 Å². The highest BCUT2D eigenvalue weighted by Gasteiger charge is 2.23. The summed E-state index contributed by atoms with van der Waals surface area (Å²) in [4.78, 5) is 14.4. The van der Waals surface area contributed by atoms with Crippen molar-refractivity contribution < 1.29 is 9.53 Å². The summed E-state index contributed by atoms with van der Waals surface area (Å²) in [6.45, 7) is 5.06. The molecule has 0 bridgehead atoms. The third-order valence-electron chi connectivity index (χ3n) is 3.85. The molecule has 1 fully saturated rings. The van der Waals surface area contributed by atoms with Gasteiger partial charge in [-0.3, -0.25) is 4.79 Å². The molecule has 1 aromatic rings. The van der Waals surface area contributed by atoms with Crippen molar-refractivity contribution >= 4 is 17.3 Å². The number of hydrogen-bond acceptors (Lipinski definition) is 4. The molecule has 5 heteroatoms. The predicted molar refractivity (Wildman–Crippen MR) is 85.5 cm³/mol. The van der Waals surface area contributed by atoms with E-state index in [2.05, 4.69) is 17.1 Å². The maximum absolute atomic E-state index is 12.0. The fraction of sp³-hybridized carbons (Fsp3) is 0.562. The first-order valence-corrected chi connectivity index (χ1v) is 7.58. The number of nitrogens with zero attached hydrogens (tertiary/aromatic N) is 1. The average Bonchev–Trinajstić information content (AvgIpc) is 3.29. The molecule has 0 saturated heterocycles. The molecule has 0 aromatic heterocycles. The van der Waals surface area contributed by atoms with Crippen LogP contribution in [0.3, 0.4) is 0 Å². The molecule has 0 atom stereocenters. The number of anilines is 2. The molecule has 1 aromatic carbocycles. The minimum atomic E-state index is 0.00103. The highest BCUT2D eigenvalue weighted by atomic mass is 16.5. The lowest BCUT2D eigenvalue weighted by molar-refractivity contribution is -0.116. The van der Waals surface area contributed by atoms with Crippen LogP contribution in [-0.4, -0.2) is 37.6 Å². The molecular formula is C16H25N3O2. The largest absolute Gasteiger partial charge is 0.497 e. The van der Waals surface area contributed by atoms with Crippen molar-refractivity contribution in [1.82, 2.24) is 4.90 Å². The van der Waals surface area contributed by atoms with Gasteiger partial charge in [-0.05, 0) is 37.4 Å². The SMILES string of the molecule is CCN(CCC(=O)Nc1ccc(OC)cc1N)CC1CC1. The molecule has 1 saturated carbocycles. The molecule has 2 rings (SSSR count). The standard InChI is InChI=1S/C16H25N3O2/c1-3-19(11-12-4-5-12)9-8-16(20)18-15-7-6-13(21-2)10-14(15)17/h6-7,10,12H,3-5,8-9,11,17H2,1-2H3,(H,18,20). The summed E-state index contributed by atoms with van der Waals surface area (Å²) in [6, 6.07) is 5.27. The Hall–Kier alpha value is -1.75. The number of carbonyl (C=O) groups is 1. The molecule has 0 heterocycles. The van der Waals surface area contributed by atoms with Gasteiger partial charge in [0.15, 0.2) is 0 Å². The lowest BCUT2D eigenvalue weighted by Gasteiger charge is -2.19. The van der Waals surface area contributed by atoms with Crippen LogP contribution in [0.5, 0.6) is 5.75 Å². The topological polar surface area (TPSA) is 67.6 Å². The van der Waals surface area contributed by atoms with Gasteiger partial charge < -0.3 is 20.7 Å². The van der Waals surface area contributed by atoms with Gasteiger partial charge in [0.2, 0.25) is 5.91 Å². The number of nitrogens with two attached hydrogens (primary N) is 1. The van der Waals surface area contributed by atoms with Crippen molar-refractivity contribution in [2.75, 3.05) is 37.8 Å². The zero-order valence-corrected chi connectivity index (χ0v) is 12.9. The molecule has 0 radical (unpaired) electrons. The smallest absolute Gasteiger partial charge is 0.225 e. The van der Waals surface area contributed by atoms with Crippen LogP contribution < -0.4 is 15.8 Å². The van der Waals surface area contributed by atoms with Crippen LogP contribution in [-0.2, 0) is 4.79 Å². The molecule has 0 aliphatic heterocycles. The first-order chi connectivity index (χ1) is 10.1. The second-order valence-electron chi connectivity index (χ2n) is 5.59. The van der Waals surface area contributed by atoms with Crippen molar-refractivity contribution in [1.29, 1.82) is 0 Å². The Bertz CT molecular complexity index is 486. The number of benzene rings is 1. The van der Waals surface area contributed by atoms with E-state index in [-0.39, 0.29) is 5.91 Å². The van der Waals surface area contributed by atoms with E-state index in [1.54, 1.807) is 25.3 Å². The third kappa shape index (κ3) is 4.93. The average molecular weight is 291 g/mol. The summed E-state index contributed by atoms with van der Waals surface area (Å²) in [6.07, 6.45) is 3.17. The summed E-state index contributed by atoms with van der Waals surface area (Å²) in [5.74, 6) is 1.54. The van der Waals surface area contributed by atoms with Gasteiger partial charge in [-0.15, -0.1) is 0 Å². The van der Waals surface area contributed by atoms with Gasteiger partial charge in [0.05, 0.1) is 18.5 Å². The van der Waals surface area contributed by atoms with Crippen LogP contribution in [0, 0.1) is 5.92 Å². The van der Waals surface area contributed by atoms with Gasteiger partial charge in [-0.1, -0.05) is 6.92 Å². The van der Waals surface area contributed by atoms with E-state index in [1.807, 2.05) is 0 Å². The number of rotatable bonds is 8. The second kappa shape index (κ2) is 7.31. The van der Waals surface area contributed by atoms with Crippen LogP contribution in [0.2, 0.25) is 0 Å². The van der Waals surface area contributed by atoms with Crippen LogP contribution in [0.4, 0.5) is 11.4 Å². The maximum Gasteiger partial charge on any atom is 0.225 e. The molecule has 0 unspecified atom stereocenters. The van der Waals surface area contributed by atoms with Gasteiger partial charge in [-0.25, -0.2) is 0 Å². The maximum atomic E-state index is 12.0. The monoisotopic (exact) mass is 291 g/mol. The van der Waals surface area contributed by atoms with Crippen molar-refractivity contribution in [3.8, 4) is 5.75 Å². The van der Waals surface area contributed by atoms with Gasteiger partial charge >= 0.3 is 0 Å². The van der Waals surface area contributed by atoms with E-state index in [0.29, 0.717) is 23.5 Å². The van der Waals surface area contributed by atoms with Crippen molar-refractivity contribution in [3.05, 3.63) is 18.2 Å². The van der Waals surface area contributed by atoms with Crippen molar-refractivity contribution in [3.63, 3.8) is 0 Å². The van der Waals surface area contributed by atoms with Crippen LogP contribution >= 0.6 is 0 Å². The summed E-state index contributed by atoms with van der Waals surface area (Å²) < 4.78 is 5.09. The van der Waals surface area contributed by atoms with E-state index in [1.165, 1.54) is 12.8 Å². The Morgan fingerprint density at radius 2 is 2.24 bits per heavy atom. The molecule has 1 aliphatic carbocycles. The fourth-order valence-corrected chi connectivity index (χ4v) is 2.30. The minimum absolute atomic E-state index is 0.00103. The van der Waals surface area contributed by atoms with Gasteiger partial charge in [0, 0.05) is 25.6 Å². The number of nitrogens with one attached hydrogen (secondary N) is 1. The molecule has 116 valence electrons. The summed E-state index contributed by atoms with van der Waals surface area (Å²) in [5, 5.41) is 2.86. The van der Waals surface area contributed by atoms with Crippen LogP contribution in [0.1, 0.15) is 26.2 Å². The molecule has 3 N–H and O–H groups in total. The molecular weight excluding hydrogens is 266 g/mol. The summed E-state index contributed by atoms with van der Waals surface area (Å²) in [5.41, 5.74) is 7.06. The predicted octanol–water partition coefficient (Wildman–Crippen LogP) is 2.34. The lowest BCUT2D eigenvalue weighted by Crippen LogP contribution is -2.29. The molecule has 5 nitrogen and oxygen atoms in total. The number of amides is 1. The zero-order chi connectivity index (χ0) is 15.2. The number of methoxy groups -OCH3 is 1. The number of hydrogen-bond donors (Lipinski definition) is 2. The molecule has 0 spiro atoms. The van der Waals surface area contributed by atoms with E-state index in [0.717, 1.165) is 25.6 Å². The fourth-order valence-electron chi connectivity index (χ4n) is 2.30. The van der Waals surface area contributed by atoms with Gasteiger partial charge in [-0.2, -0.15) is 0 Å². The normalized spacial score (nSPS) is 14.2. The van der Waals surface area contributed by atoms with Gasteiger partial charge in [0.25, 0.3) is 0 Å². The minimum Gasteiger partial charge on any atom is -0.497 e. The highest BCUT2D eigenvalue weighted by molar-refractivity contribution is 5.94. The molecule has 1 amide bonds. The van der Waals surface area contributed by atoms with E-state index in [4.69, 9.17) is 10.5 Å². The summed E-state index contributed by atoms with van der Waals surface area (Å²) >= 11 is 0. The highest BCUT2D eigenvalue weighted by Crippen LogP contribution is 2.29. The van der Waals surface area contributed by atoms with Crippen LogP contribution in [0.15, 0.2) is 18.2 Å². The lowest BCUT2D eigenvalue weighted by atomic mass is 10.2. The first-order valence-electron chi connectivity index (χ1n) is 7.58. The Morgan fingerprint density at radius 3 is 2.81 bits per heavy atom. The number of nitrogen functional groups attached to an aromatic ring is 1. The summed E-state index contributed by atoms with van der Waals surface area (Å²) in [7, 11) is 1.59. The second-order valence-corrected chi connectivity index (χ2v) is 5.59. The van der Waals surface area contributed by atoms with Crippen molar-refractivity contribution in [2.24, 2.45) is 5.92 Å². The van der Waals surface area contributed by atoms with E-state index in [9.17, 15) is 4.79 Å². The zero-order valence-electron chi connectivity index (χ0n) is 12.9. The molecule has 1 aliphatic rings. The number of carbonyl (C=O) groups excluding carboxylic acids is 1. The Balaban J connectivity index is 1.80. The Morgan fingerprint density at radius 1 is 1.48 bits per heavy atom.